The lowest BCUT2D eigenvalue weighted by molar-refractivity contribution is -0.150. The fraction of sp³-hybridized carbons (Fsp3) is 0.909. The van der Waals surface area contributed by atoms with Gasteiger partial charge in [-0.2, -0.15) is 0 Å². The monoisotopic (exact) mass is 218 g/mol. The van der Waals surface area contributed by atoms with E-state index in [0.29, 0.717) is 6.61 Å². The molecule has 0 saturated carbocycles. The minimum absolute atomic E-state index is 0.101. The van der Waals surface area contributed by atoms with Crippen LogP contribution in [-0.4, -0.2) is 36.0 Å². The van der Waals surface area contributed by atoms with Gasteiger partial charge in [-0.25, -0.2) is 0 Å². The van der Waals surface area contributed by atoms with Crippen molar-refractivity contribution in [3.8, 4) is 0 Å². The van der Waals surface area contributed by atoms with E-state index >= 15 is 0 Å². The summed E-state index contributed by atoms with van der Waals surface area (Å²) in [7, 11) is 0. The molecule has 4 heteroatoms. The van der Waals surface area contributed by atoms with Gasteiger partial charge >= 0.3 is 5.97 Å². The van der Waals surface area contributed by atoms with E-state index < -0.39 is 11.9 Å². The number of aliphatic hydroxyl groups excluding tert-OH is 2. The molecule has 4 nitrogen and oxygen atoms in total. The molecule has 1 unspecified atom stereocenters. The van der Waals surface area contributed by atoms with Gasteiger partial charge < -0.3 is 14.9 Å². The quantitative estimate of drug-likeness (QED) is 0.449. The molecule has 0 fully saturated rings. The summed E-state index contributed by atoms with van der Waals surface area (Å²) < 4.78 is 4.98. The van der Waals surface area contributed by atoms with E-state index in [0.717, 1.165) is 25.7 Å². The summed E-state index contributed by atoms with van der Waals surface area (Å²) in [5.74, 6) is -0.968. The molecule has 0 aliphatic heterocycles. The number of hydrogen-bond acceptors (Lipinski definition) is 4. The van der Waals surface area contributed by atoms with Crippen molar-refractivity contribution in [2.24, 2.45) is 5.92 Å². The number of ether oxygens (including phenoxy) is 1. The highest BCUT2D eigenvalue weighted by atomic mass is 16.5. The lowest BCUT2D eigenvalue weighted by Crippen LogP contribution is -2.22. The third-order valence-corrected chi connectivity index (χ3v) is 2.27. The Hall–Kier alpha value is -0.610. The average molecular weight is 218 g/mol. The van der Waals surface area contributed by atoms with Crippen LogP contribution in [0.3, 0.4) is 0 Å². The van der Waals surface area contributed by atoms with Crippen LogP contribution in [0.5, 0.6) is 0 Å². The SMILES string of the molecule is CCCCCCOC(=O)C(CO)CCO. The van der Waals surface area contributed by atoms with E-state index in [-0.39, 0.29) is 19.6 Å². The fourth-order valence-corrected chi connectivity index (χ4v) is 1.26. The van der Waals surface area contributed by atoms with Gasteiger partial charge in [-0.3, -0.25) is 4.79 Å². The number of carbonyl (C=O) groups excluding carboxylic acids is 1. The molecule has 0 radical (unpaired) electrons. The number of rotatable bonds is 9. The van der Waals surface area contributed by atoms with Crippen LogP contribution in [0, 0.1) is 5.92 Å². The molecular formula is C11H22O4. The van der Waals surface area contributed by atoms with E-state index in [4.69, 9.17) is 14.9 Å². The summed E-state index contributed by atoms with van der Waals surface area (Å²) in [4.78, 5) is 11.3. The molecule has 90 valence electrons. The molecule has 0 spiro atoms. The van der Waals surface area contributed by atoms with E-state index in [2.05, 4.69) is 6.92 Å². The molecule has 0 amide bonds. The van der Waals surface area contributed by atoms with E-state index in [9.17, 15) is 4.79 Å². The Morgan fingerprint density at radius 1 is 1.27 bits per heavy atom. The Labute approximate surface area is 91.3 Å². The normalized spacial score (nSPS) is 12.5. The molecular weight excluding hydrogens is 196 g/mol. The molecule has 0 rings (SSSR count). The topological polar surface area (TPSA) is 66.8 Å². The van der Waals surface area contributed by atoms with Gasteiger partial charge in [-0.1, -0.05) is 26.2 Å². The van der Waals surface area contributed by atoms with Gasteiger partial charge in [0.2, 0.25) is 0 Å². The maximum atomic E-state index is 11.3. The highest BCUT2D eigenvalue weighted by Crippen LogP contribution is 2.06. The Balaban J connectivity index is 3.53. The second-order valence-electron chi connectivity index (χ2n) is 3.62. The van der Waals surface area contributed by atoms with E-state index in [1.54, 1.807) is 0 Å². The summed E-state index contributed by atoms with van der Waals surface area (Å²) in [5.41, 5.74) is 0. The number of unbranched alkanes of at least 4 members (excludes halogenated alkanes) is 3. The van der Waals surface area contributed by atoms with Crippen LogP contribution >= 0.6 is 0 Å². The van der Waals surface area contributed by atoms with Crippen molar-refractivity contribution in [1.82, 2.24) is 0 Å². The van der Waals surface area contributed by atoms with E-state index in [1.165, 1.54) is 0 Å². The van der Waals surface area contributed by atoms with Crippen molar-refractivity contribution in [1.29, 1.82) is 0 Å². The van der Waals surface area contributed by atoms with Crippen LogP contribution in [0.15, 0.2) is 0 Å². The van der Waals surface area contributed by atoms with Gasteiger partial charge in [0.15, 0.2) is 0 Å². The standard InChI is InChI=1S/C11H22O4/c1-2-3-4-5-8-15-11(14)10(9-13)6-7-12/h10,12-13H,2-9H2,1H3. The molecule has 0 aromatic carbocycles. The van der Waals surface area contributed by atoms with Crippen LogP contribution in [-0.2, 0) is 9.53 Å². The van der Waals surface area contributed by atoms with Crippen molar-refractivity contribution in [2.45, 2.75) is 39.0 Å². The molecule has 1 atom stereocenters. The number of hydrogen-bond donors (Lipinski definition) is 2. The Kier molecular flexibility index (Phi) is 9.52. The minimum atomic E-state index is -0.568. The first-order chi connectivity index (χ1) is 7.26. The van der Waals surface area contributed by atoms with Crippen LogP contribution in [0.1, 0.15) is 39.0 Å². The average Bonchev–Trinajstić information content (AvgIpc) is 2.25. The maximum absolute atomic E-state index is 11.3. The van der Waals surface area contributed by atoms with Crippen LogP contribution in [0.2, 0.25) is 0 Å². The zero-order valence-electron chi connectivity index (χ0n) is 9.45. The van der Waals surface area contributed by atoms with Crippen molar-refractivity contribution >= 4 is 5.97 Å². The Morgan fingerprint density at radius 2 is 2.00 bits per heavy atom. The van der Waals surface area contributed by atoms with Gasteiger partial charge in [0, 0.05) is 6.61 Å². The van der Waals surface area contributed by atoms with Gasteiger partial charge in [-0.15, -0.1) is 0 Å². The third kappa shape index (κ3) is 7.33. The van der Waals surface area contributed by atoms with E-state index in [1.807, 2.05) is 0 Å². The molecule has 15 heavy (non-hydrogen) atoms. The van der Waals surface area contributed by atoms with Crippen molar-refractivity contribution in [3.05, 3.63) is 0 Å². The zero-order chi connectivity index (χ0) is 11.5. The second-order valence-corrected chi connectivity index (χ2v) is 3.62. The van der Waals surface area contributed by atoms with Gasteiger partial charge in [-0.05, 0) is 12.8 Å². The number of carbonyl (C=O) groups is 1. The summed E-state index contributed by atoms with van der Waals surface area (Å²) in [6.07, 6.45) is 4.50. The van der Waals surface area contributed by atoms with Crippen molar-refractivity contribution in [3.63, 3.8) is 0 Å². The predicted octanol–water partition coefficient (Wildman–Crippen LogP) is 1.10. The maximum Gasteiger partial charge on any atom is 0.311 e. The summed E-state index contributed by atoms with van der Waals surface area (Å²) in [6.45, 7) is 2.18. The molecule has 0 heterocycles. The lowest BCUT2D eigenvalue weighted by atomic mass is 10.1. The molecule has 2 N–H and O–H groups in total. The minimum Gasteiger partial charge on any atom is -0.465 e. The van der Waals surface area contributed by atoms with Crippen molar-refractivity contribution in [2.75, 3.05) is 19.8 Å². The van der Waals surface area contributed by atoms with Crippen LogP contribution in [0.4, 0.5) is 0 Å². The molecule has 0 saturated heterocycles. The Bertz CT molecular complexity index is 159. The van der Waals surface area contributed by atoms with Crippen LogP contribution < -0.4 is 0 Å². The zero-order valence-corrected chi connectivity index (χ0v) is 9.45. The highest BCUT2D eigenvalue weighted by Gasteiger charge is 2.17. The molecule has 0 bridgehead atoms. The predicted molar refractivity (Wildman–Crippen MR) is 57.4 cm³/mol. The largest absolute Gasteiger partial charge is 0.465 e. The van der Waals surface area contributed by atoms with Crippen LogP contribution in [0.25, 0.3) is 0 Å². The number of esters is 1. The second kappa shape index (κ2) is 9.93. The first-order valence-corrected chi connectivity index (χ1v) is 5.64. The van der Waals surface area contributed by atoms with Gasteiger partial charge in [0.25, 0.3) is 0 Å². The number of aliphatic hydroxyl groups is 2. The molecule has 0 aromatic rings. The molecule has 0 aromatic heterocycles. The fourth-order valence-electron chi connectivity index (χ4n) is 1.26. The first-order valence-electron chi connectivity index (χ1n) is 5.64. The van der Waals surface area contributed by atoms with Gasteiger partial charge in [0.05, 0.1) is 19.1 Å². The molecule has 0 aliphatic carbocycles. The third-order valence-electron chi connectivity index (χ3n) is 2.27. The summed E-state index contributed by atoms with van der Waals surface area (Å²) in [6, 6.07) is 0. The highest BCUT2D eigenvalue weighted by molar-refractivity contribution is 5.72. The first kappa shape index (κ1) is 14.4. The smallest absolute Gasteiger partial charge is 0.311 e. The summed E-state index contributed by atoms with van der Waals surface area (Å²) >= 11 is 0. The molecule has 0 aliphatic rings. The van der Waals surface area contributed by atoms with Gasteiger partial charge in [0.1, 0.15) is 0 Å². The summed E-state index contributed by atoms with van der Waals surface area (Å²) in [5, 5.41) is 17.5. The van der Waals surface area contributed by atoms with Crippen molar-refractivity contribution < 1.29 is 19.7 Å². The lowest BCUT2D eigenvalue weighted by Gasteiger charge is -2.11. The Morgan fingerprint density at radius 3 is 2.53 bits per heavy atom.